The zero-order valence-electron chi connectivity index (χ0n) is 23.2. The Balaban J connectivity index is 1.52. The smallest absolute Gasteiger partial charge is 0.481 e. The number of hydroxylamine groups is 2. The number of nitrogens with one attached hydrogen (secondary N) is 2. The Bertz CT molecular complexity index is 1440. The van der Waals surface area contributed by atoms with Crippen LogP contribution in [0.1, 0.15) is 39.9 Å². The number of rotatable bonds is 11. The van der Waals surface area contributed by atoms with Gasteiger partial charge in [-0.25, -0.2) is 14.8 Å². The highest BCUT2D eigenvalue weighted by Gasteiger charge is 2.31. The number of benzene rings is 1. The number of carboxylic acid groups (broad SMARTS) is 1. The number of anilines is 1. The van der Waals surface area contributed by atoms with Gasteiger partial charge < -0.3 is 30.2 Å². The maximum Gasteiger partial charge on any atom is 0.527 e. The van der Waals surface area contributed by atoms with E-state index in [1.54, 1.807) is 54.8 Å². The molecule has 226 valence electrons. The van der Waals surface area contributed by atoms with E-state index in [9.17, 15) is 29.1 Å². The molecule has 14 nitrogen and oxygen atoms in total. The zero-order chi connectivity index (χ0) is 30.8. The standard InChI is InChI=1S/C28H30N6O8S/c1-2-41-28(40)42-34-14-12-33(13-15-34)27(39)19(10-11-23(35)36)30-25(37)20-17-22(32-26(38)21-9-6-16-43-21)31-24(29-20)18-7-4-3-5-8-18/h3-9,16-17,19H,2,10-15H2,1H3,(H,30,37)(H,35,36)(H,29,31,32,38)/t19-/m0/s1. The molecule has 0 unspecified atom stereocenters. The second-order valence-corrected chi connectivity index (χ2v) is 10.2. The first kappa shape index (κ1) is 31.1. The fourth-order valence-electron chi connectivity index (χ4n) is 4.16. The van der Waals surface area contributed by atoms with Crippen molar-refractivity contribution in [2.24, 2.45) is 0 Å². The summed E-state index contributed by atoms with van der Waals surface area (Å²) >= 11 is 1.24. The first-order valence-corrected chi connectivity index (χ1v) is 14.3. The number of ether oxygens (including phenoxy) is 1. The first-order valence-electron chi connectivity index (χ1n) is 13.4. The lowest BCUT2D eigenvalue weighted by Crippen LogP contribution is -2.55. The van der Waals surface area contributed by atoms with E-state index in [0.29, 0.717) is 10.4 Å². The number of nitrogens with zero attached hydrogens (tertiary/aromatic N) is 4. The molecule has 3 N–H and O–H groups in total. The highest BCUT2D eigenvalue weighted by atomic mass is 32.1. The van der Waals surface area contributed by atoms with Crippen LogP contribution >= 0.6 is 11.3 Å². The molecule has 1 fully saturated rings. The number of carbonyl (C=O) groups excluding carboxylic acids is 4. The Morgan fingerprint density at radius 3 is 2.40 bits per heavy atom. The van der Waals surface area contributed by atoms with Gasteiger partial charge in [-0.3, -0.25) is 19.2 Å². The molecule has 4 rings (SSSR count). The van der Waals surface area contributed by atoms with E-state index in [4.69, 9.17) is 9.57 Å². The summed E-state index contributed by atoms with van der Waals surface area (Å²) in [5, 5.41) is 17.7. The molecule has 3 aromatic rings. The number of carboxylic acids is 1. The van der Waals surface area contributed by atoms with Gasteiger partial charge in [0.25, 0.3) is 11.8 Å². The fourth-order valence-corrected chi connectivity index (χ4v) is 4.78. The third-order valence-corrected chi connectivity index (χ3v) is 7.11. The largest absolute Gasteiger partial charge is 0.527 e. The average Bonchev–Trinajstić information content (AvgIpc) is 3.55. The number of hydrogen-bond donors (Lipinski definition) is 3. The molecule has 1 saturated heterocycles. The number of aliphatic carboxylic acids is 1. The van der Waals surface area contributed by atoms with Gasteiger partial charge in [0.2, 0.25) is 5.91 Å². The van der Waals surface area contributed by atoms with E-state index >= 15 is 0 Å². The molecular formula is C28H30N6O8S. The number of amides is 3. The normalized spacial score (nSPS) is 13.9. The SMILES string of the molecule is CCOC(=O)ON1CCN(C(=O)[C@H](CCC(=O)O)NC(=O)c2cc(NC(=O)c3cccs3)nc(-c3ccccc3)n2)CC1. The quantitative estimate of drug-likeness (QED) is 0.272. The van der Waals surface area contributed by atoms with E-state index in [-0.39, 0.29) is 63.0 Å². The fraction of sp³-hybridized carbons (Fsp3) is 0.321. The molecule has 0 bridgehead atoms. The van der Waals surface area contributed by atoms with Crippen LogP contribution in [0.4, 0.5) is 10.6 Å². The number of piperazine rings is 1. The maximum atomic E-state index is 13.5. The highest BCUT2D eigenvalue weighted by molar-refractivity contribution is 7.12. The van der Waals surface area contributed by atoms with Crippen LogP contribution in [0.2, 0.25) is 0 Å². The van der Waals surface area contributed by atoms with Gasteiger partial charge in [0.15, 0.2) is 5.82 Å². The van der Waals surface area contributed by atoms with Gasteiger partial charge in [0, 0.05) is 31.1 Å². The van der Waals surface area contributed by atoms with Crippen LogP contribution < -0.4 is 10.6 Å². The zero-order valence-corrected chi connectivity index (χ0v) is 24.0. The Morgan fingerprint density at radius 1 is 1.00 bits per heavy atom. The van der Waals surface area contributed by atoms with E-state index in [2.05, 4.69) is 20.6 Å². The molecule has 1 aliphatic heterocycles. The van der Waals surface area contributed by atoms with Crippen molar-refractivity contribution in [2.45, 2.75) is 25.8 Å². The Morgan fingerprint density at radius 2 is 1.74 bits per heavy atom. The van der Waals surface area contributed by atoms with E-state index in [1.807, 2.05) is 0 Å². The predicted molar refractivity (Wildman–Crippen MR) is 154 cm³/mol. The summed E-state index contributed by atoms with van der Waals surface area (Å²) in [6.07, 6.45) is -1.39. The van der Waals surface area contributed by atoms with Gasteiger partial charge in [0.05, 0.1) is 24.6 Å². The Labute approximate surface area is 250 Å². The molecule has 1 atom stereocenters. The summed E-state index contributed by atoms with van der Waals surface area (Å²) in [6.45, 7) is 2.54. The first-order chi connectivity index (χ1) is 20.7. The Hall–Kier alpha value is -4.89. The lowest BCUT2D eigenvalue weighted by molar-refractivity contribution is -0.157. The van der Waals surface area contributed by atoms with Crippen molar-refractivity contribution < 1.29 is 38.7 Å². The van der Waals surface area contributed by atoms with Gasteiger partial charge in [-0.15, -0.1) is 16.4 Å². The maximum absolute atomic E-state index is 13.5. The highest BCUT2D eigenvalue weighted by Crippen LogP contribution is 2.20. The molecule has 43 heavy (non-hydrogen) atoms. The van der Waals surface area contributed by atoms with E-state index in [1.165, 1.54) is 27.4 Å². The van der Waals surface area contributed by atoms with Crippen molar-refractivity contribution in [1.29, 1.82) is 0 Å². The number of aromatic nitrogens is 2. The summed E-state index contributed by atoms with van der Waals surface area (Å²) in [5.41, 5.74) is 0.460. The second-order valence-electron chi connectivity index (χ2n) is 9.25. The second kappa shape index (κ2) is 14.8. The van der Waals surface area contributed by atoms with Crippen molar-refractivity contribution in [1.82, 2.24) is 25.2 Å². The number of carbonyl (C=O) groups is 5. The average molecular weight is 611 g/mol. The minimum atomic E-state index is -1.18. The van der Waals surface area contributed by atoms with Gasteiger partial charge >= 0.3 is 12.1 Å². The summed E-state index contributed by atoms with van der Waals surface area (Å²) in [6, 6.07) is 12.3. The van der Waals surface area contributed by atoms with Gasteiger partial charge in [0.1, 0.15) is 17.6 Å². The van der Waals surface area contributed by atoms with Crippen molar-refractivity contribution in [3.05, 3.63) is 64.5 Å². The molecule has 2 aromatic heterocycles. The van der Waals surface area contributed by atoms with Crippen molar-refractivity contribution >= 4 is 47.0 Å². The topological polar surface area (TPSA) is 180 Å². The van der Waals surface area contributed by atoms with Crippen LogP contribution in [0.25, 0.3) is 11.4 Å². The summed E-state index contributed by atoms with van der Waals surface area (Å²) in [4.78, 5) is 78.3. The molecular weight excluding hydrogens is 580 g/mol. The minimum Gasteiger partial charge on any atom is -0.481 e. The third-order valence-electron chi connectivity index (χ3n) is 6.24. The molecule has 0 saturated carbocycles. The molecule has 0 radical (unpaired) electrons. The van der Waals surface area contributed by atoms with Crippen LogP contribution in [-0.2, 0) is 19.2 Å². The summed E-state index contributed by atoms with van der Waals surface area (Å²) < 4.78 is 4.76. The van der Waals surface area contributed by atoms with Gasteiger partial charge in [-0.1, -0.05) is 36.4 Å². The van der Waals surface area contributed by atoms with Crippen LogP contribution in [0, 0.1) is 0 Å². The molecule has 3 amide bonds. The molecule has 1 aromatic carbocycles. The monoisotopic (exact) mass is 610 g/mol. The van der Waals surface area contributed by atoms with Crippen LogP contribution in [0.15, 0.2) is 53.9 Å². The lowest BCUT2D eigenvalue weighted by Gasteiger charge is -2.35. The van der Waals surface area contributed by atoms with Crippen molar-refractivity contribution in [3.8, 4) is 11.4 Å². The van der Waals surface area contributed by atoms with Crippen LogP contribution in [-0.4, -0.2) is 93.7 Å². The molecule has 1 aliphatic rings. The van der Waals surface area contributed by atoms with Crippen LogP contribution in [0.5, 0.6) is 0 Å². The number of thiophene rings is 1. The summed E-state index contributed by atoms with van der Waals surface area (Å²) in [7, 11) is 0. The minimum absolute atomic E-state index is 0.0727. The third kappa shape index (κ3) is 8.80. The van der Waals surface area contributed by atoms with E-state index in [0.717, 1.165) is 0 Å². The molecule has 0 spiro atoms. The van der Waals surface area contributed by atoms with Gasteiger partial charge in [-0.05, 0) is 24.8 Å². The molecule has 15 heteroatoms. The lowest BCUT2D eigenvalue weighted by atomic mass is 10.1. The van der Waals surface area contributed by atoms with Gasteiger partial charge in [-0.2, -0.15) is 0 Å². The molecule has 3 heterocycles. The summed E-state index contributed by atoms with van der Waals surface area (Å²) in [5.74, 6) is -2.55. The van der Waals surface area contributed by atoms with Crippen molar-refractivity contribution in [2.75, 3.05) is 38.1 Å². The number of hydrogen-bond acceptors (Lipinski definition) is 11. The predicted octanol–water partition coefficient (Wildman–Crippen LogP) is 2.65. The Kier molecular flexibility index (Phi) is 10.7. The van der Waals surface area contributed by atoms with Crippen molar-refractivity contribution in [3.63, 3.8) is 0 Å². The molecule has 0 aliphatic carbocycles. The van der Waals surface area contributed by atoms with Crippen LogP contribution in [0.3, 0.4) is 0 Å². The van der Waals surface area contributed by atoms with E-state index < -0.39 is 35.9 Å².